The van der Waals surface area contributed by atoms with Crippen molar-refractivity contribution in [2.75, 3.05) is 139 Å². The van der Waals surface area contributed by atoms with Crippen molar-refractivity contribution < 1.29 is 14.4 Å². The van der Waals surface area contributed by atoms with E-state index in [0.29, 0.717) is 36.3 Å². The van der Waals surface area contributed by atoms with Gasteiger partial charge in [0.2, 0.25) is 0 Å². The molecule has 0 aliphatic heterocycles. The second-order valence-electron chi connectivity index (χ2n) is 14.6. The summed E-state index contributed by atoms with van der Waals surface area (Å²) in [6.07, 6.45) is 12.4. The highest BCUT2D eigenvalue weighted by Gasteiger charge is 2.16. The maximum absolute atomic E-state index is 13.2. The lowest BCUT2D eigenvalue weighted by atomic mass is 10.0. The summed E-state index contributed by atoms with van der Waals surface area (Å²) in [6, 6.07) is 4.75. The molecular formula is C42H84N12O3. The molecule has 1 aromatic carbocycles. The van der Waals surface area contributed by atoms with Crippen LogP contribution in [0.1, 0.15) is 108 Å². The van der Waals surface area contributed by atoms with E-state index in [1.54, 1.807) is 18.2 Å². The molecule has 15 nitrogen and oxygen atoms in total. The van der Waals surface area contributed by atoms with Crippen LogP contribution in [0, 0.1) is 0 Å². The summed E-state index contributed by atoms with van der Waals surface area (Å²) in [5, 5.41) is 39.1. The van der Waals surface area contributed by atoms with Crippen molar-refractivity contribution in [3.63, 3.8) is 0 Å². The van der Waals surface area contributed by atoms with Gasteiger partial charge in [-0.2, -0.15) is 0 Å². The van der Waals surface area contributed by atoms with Gasteiger partial charge >= 0.3 is 0 Å². The molecule has 0 aliphatic carbocycles. The third kappa shape index (κ3) is 31.9. The Labute approximate surface area is 346 Å². The summed E-state index contributed by atoms with van der Waals surface area (Å²) >= 11 is 0. The van der Waals surface area contributed by atoms with Crippen LogP contribution in [0.15, 0.2) is 18.2 Å². The molecular weight excluding hydrogens is 721 g/mol. The molecule has 57 heavy (non-hydrogen) atoms. The SMILES string of the molecule is CNCCCNCCCCNCCCNC(=O)c1cc(C(=O)NCCCNCCCCNCCCNC)cc(C(=O)NCCCNCCCCNCCCNC)c1. The Morgan fingerprint density at radius 1 is 0.298 bits per heavy atom. The maximum atomic E-state index is 13.2. The molecule has 0 fully saturated rings. The summed E-state index contributed by atoms with van der Waals surface area (Å²) in [4.78, 5) is 39.7. The minimum absolute atomic E-state index is 0.294. The molecule has 0 atom stereocenters. The molecule has 0 saturated heterocycles. The predicted molar refractivity (Wildman–Crippen MR) is 238 cm³/mol. The Morgan fingerprint density at radius 2 is 0.491 bits per heavy atom. The summed E-state index contributed by atoms with van der Waals surface area (Å²) < 4.78 is 0. The van der Waals surface area contributed by atoms with Crippen LogP contribution in [0.5, 0.6) is 0 Å². The van der Waals surface area contributed by atoms with Crippen molar-refractivity contribution in [1.29, 1.82) is 0 Å². The Balaban J connectivity index is 2.51. The molecule has 0 saturated carbocycles. The minimum atomic E-state index is -0.294. The zero-order valence-corrected chi connectivity index (χ0v) is 36.2. The molecule has 0 spiro atoms. The van der Waals surface area contributed by atoms with Crippen LogP contribution in [0.3, 0.4) is 0 Å². The van der Waals surface area contributed by atoms with Gasteiger partial charge in [0.1, 0.15) is 0 Å². The van der Waals surface area contributed by atoms with Crippen molar-refractivity contribution in [2.45, 2.75) is 77.0 Å². The molecule has 0 heterocycles. The van der Waals surface area contributed by atoms with E-state index in [4.69, 9.17) is 0 Å². The lowest BCUT2D eigenvalue weighted by Gasteiger charge is -2.12. The van der Waals surface area contributed by atoms with E-state index >= 15 is 0 Å². The van der Waals surface area contributed by atoms with E-state index in [-0.39, 0.29) is 17.7 Å². The van der Waals surface area contributed by atoms with Crippen LogP contribution in [0.4, 0.5) is 0 Å². The molecule has 0 unspecified atom stereocenters. The normalized spacial score (nSPS) is 11.2. The van der Waals surface area contributed by atoms with Crippen LogP contribution in [0.25, 0.3) is 0 Å². The van der Waals surface area contributed by atoms with Crippen LogP contribution in [-0.4, -0.2) is 157 Å². The minimum Gasteiger partial charge on any atom is -0.352 e. The predicted octanol–water partition coefficient (Wildman–Crippen LogP) is 0.753. The van der Waals surface area contributed by atoms with Gasteiger partial charge in [-0.15, -0.1) is 0 Å². The lowest BCUT2D eigenvalue weighted by molar-refractivity contribution is 0.0952. The van der Waals surface area contributed by atoms with E-state index in [1.165, 1.54) is 0 Å². The average Bonchev–Trinajstić information content (AvgIpc) is 3.22. The highest BCUT2D eigenvalue weighted by molar-refractivity contribution is 6.04. The monoisotopic (exact) mass is 805 g/mol. The number of hydrogen-bond acceptors (Lipinski definition) is 12. The van der Waals surface area contributed by atoms with Crippen LogP contribution >= 0.6 is 0 Å². The van der Waals surface area contributed by atoms with Gasteiger partial charge in [-0.05, 0) is 215 Å². The number of rotatable bonds is 42. The fourth-order valence-electron chi connectivity index (χ4n) is 5.99. The maximum Gasteiger partial charge on any atom is 0.251 e. The fourth-order valence-corrected chi connectivity index (χ4v) is 5.99. The number of benzene rings is 1. The molecule has 12 N–H and O–H groups in total. The van der Waals surface area contributed by atoms with E-state index < -0.39 is 0 Å². The average molecular weight is 805 g/mol. The molecule has 1 aromatic rings. The van der Waals surface area contributed by atoms with Crippen molar-refractivity contribution in [2.24, 2.45) is 0 Å². The molecule has 0 aliphatic rings. The first-order valence-corrected chi connectivity index (χ1v) is 22.2. The number of carbonyl (C=O) groups excluding carboxylic acids is 3. The smallest absolute Gasteiger partial charge is 0.251 e. The number of nitrogens with one attached hydrogen (secondary N) is 12. The van der Waals surface area contributed by atoms with Crippen molar-refractivity contribution >= 4 is 17.7 Å². The third-order valence-electron chi connectivity index (χ3n) is 9.38. The molecule has 330 valence electrons. The van der Waals surface area contributed by atoms with Crippen LogP contribution in [0.2, 0.25) is 0 Å². The van der Waals surface area contributed by atoms with Gasteiger partial charge in [0, 0.05) is 36.3 Å². The van der Waals surface area contributed by atoms with Gasteiger partial charge in [-0.3, -0.25) is 14.4 Å². The zero-order valence-electron chi connectivity index (χ0n) is 36.2. The van der Waals surface area contributed by atoms with E-state index in [2.05, 4.69) is 63.8 Å². The second kappa shape index (κ2) is 40.1. The quantitative estimate of drug-likeness (QED) is 0.0416. The van der Waals surface area contributed by atoms with Crippen LogP contribution in [-0.2, 0) is 0 Å². The molecule has 1 rings (SSSR count). The van der Waals surface area contributed by atoms with E-state index in [9.17, 15) is 14.4 Å². The molecule has 0 bridgehead atoms. The summed E-state index contributed by atoms with van der Waals surface area (Å²) in [7, 11) is 5.92. The van der Waals surface area contributed by atoms with Gasteiger partial charge < -0.3 is 63.8 Å². The Hall–Kier alpha value is -2.73. The Kier molecular flexibility index (Phi) is 36.8. The molecule has 15 heteroatoms. The largest absolute Gasteiger partial charge is 0.352 e. The standard InChI is InChI=1S/C42H84N12O3/c1-43-16-10-25-46-19-4-7-22-49-28-13-31-52-40(55)37-34-38(41(56)53-32-14-29-50-23-8-5-20-47-26-11-17-44-2)36-39(35-37)42(57)54-33-15-30-51-24-9-6-21-48-27-12-18-45-3/h34-36,43-51H,4-33H2,1-3H3,(H,52,55)(H,53,56)(H,54,57). The van der Waals surface area contributed by atoms with Gasteiger partial charge in [-0.25, -0.2) is 0 Å². The topological polar surface area (TPSA) is 196 Å². The molecule has 3 amide bonds. The number of amides is 3. The summed E-state index contributed by atoms with van der Waals surface area (Å²) in [5.41, 5.74) is 0.915. The van der Waals surface area contributed by atoms with E-state index in [0.717, 1.165) is 175 Å². The summed E-state index contributed by atoms with van der Waals surface area (Å²) in [5.74, 6) is -0.881. The summed E-state index contributed by atoms with van der Waals surface area (Å²) in [6.45, 7) is 16.0. The molecule has 0 radical (unpaired) electrons. The number of unbranched alkanes of at least 4 members (excludes halogenated alkanes) is 3. The van der Waals surface area contributed by atoms with Gasteiger partial charge in [0.05, 0.1) is 0 Å². The highest BCUT2D eigenvalue weighted by Crippen LogP contribution is 2.12. The van der Waals surface area contributed by atoms with Gasteiger partial charge in [0.25, 0.3) is 17.7 Å². The Bertz CT molecular complexity index is 968. The first-order chi connectivity index (χ1) is 28.0. The van der Waals surface area contributed by atoms with Gasteiger partial charge in [0.15, 0.2) is 0 Å². The van der Waals surface area contributed by atoms with Crippen molar-refractivity contribution in [3.8, 4) is 0 Å². The van der Waals surface area contributed by atoms with Crippen molar-refractivity contribution in [3.05, 3.63) is 34.9 Å². The second-order valence-corrected chi connectivity index (χ2v) is 14.6. The van der Waals surface area contributed by atoms with Gasteiger partial charge in [-0.1, -0.05) is 0 Å². The Morgan fingerprint density at radius 3 is 0.702 bits per heavy atom. The fraction of sp³-hybridized carbons (Fsp3) is 0.786. The van der Waals surface area contributed by atoms with Crippen molar-refractivity contribution in [1.82, 2.24) is 63.8 Å². The lowest BCUT2D eigenvalue weighted by Crippen LogP contribution is -2.31. The zero-order chi connectivity index (χ0) is 41.3. The molecule has 0 aromatic heterocycles. The third-order valence-corrected chi connectivity index (χ3v) is 9.38. The van der Waals surface area contributed by atoms with Crippen LogP contribution < -0.4 is 63.8 Å². The first kappa shape index (κ1) is 52.3. The highest BCUT2D eigenvalue weighted by atomic mass is 16.2. The van der Waals surface area contributed by atoms with E-state index in [1.807, 2.05) is 21.1 Å². The first-order valence-electron chi connectivity index (χ1n) is 22.2. The number of carbonyl (C=O) groups is 3. The number of hydrogen-bond donors (Lipinski definition) is 12.